The molecule has 9 heteroatoms. The van der Waals surface area contributed by atoms with E-state index in [9.17, 15) is 14.4 Å². The number of carbonyl (C=O) groups is 2. The van der Waals surface area contributed by atoms with Gasteiger partial charge in [0, 0.05) is 11.8 Å². The van der Waals surface area contributed by atoms with Gasteiger partial charge in [0.05, 0.1) is 41.6 Å². The SMILES string of the molecule is CCOC(=O)c1ccc(NC(=O)CSc2nc3ccccc3c(=O)n2-c2cccc(OC)c2)cc1. The number of carbonyl (C=O) groups excluding carboxylic acids is 2. The monoisotopic (exact) mass is 489 g/mol. The van der Waals surface area contributed by atoms with Crippen LogP contribution in [0.5, 0.6) is 5.75 Å². The van der Waals surface area contributed by atoms with E-state index in [1.165, 1.54) is 4.57 Å². The third-order valence-electron chi connectivity index (χ3n) is 5.07. The van der Waals surface area contributed by atoms with Crippen LogP contribution in [0.1, 0.15) is 17.3 Å². The minimum atomic E-state index is -0.418. The minimum Gasteiger partial charge on any atom is -0.497 e. The number of rotatable bonds is 8. The zero-order chi connectivity index (χ0) is 24.8. The third kappa shape index (κ3) is 5.52. The molecule has 3 aromatic carbocycles. The lowest BCUT2D eigenvalue weighted by molar-refractivity contribution is -0.113. The van der Waals surface area contributed by atoms with Gasteiger partial charge in [0.2, 0.25) is 5.91 Å². The fourth-order valence-corrected chi connectivity index (χ4v) is 4.23. The van der Waals surface area contributed by atoms with Crippen LogP contribution in [0, 0.1) is 0 Å². The fraction of sp³-hybridized carbons (Fsp3) is 0.154. The summed E-state index contributed by atoms with van der Waals surface area (Å²) in [4.78, 5) is 42.4. The number of fused-ring (bicyclic) bond motifs is 1. The Hall–Kier alpha value is -4.11. The summed E-state index contributed by atoms with van der Waals surface area (Å²) in [6.07, 6.45) is 0. The van der Waals surface area contributed by atoms with Crippen molar-refractivity contribution >= 4 is 40.2 Å². The van der Waals surface area contributed by atoms with Gasteiger partial charge < -0.3 is 14.8 Å². The van der Waals surface area contributed by atoms with Gasteiger partial charge in [0.1, 0.15) is 5.75 Å². The summed E-state index contributed by atoms with van der Waals surface area (Å²) >= 11 is 1.15. The van der Waals surface area contributed by atoms with Gasteiger partial charge in [-0.15, -0.1) is 0 Å². The van der Waals surface area contributed by atoms with E-state index in [1.54, 1.807) is 80.8 Å². The number of benzene rings is 3. The van der Waals surface area contributed by atoms with Crippen molar-refractivity contribution in [3.63, 3.8) is 0 Å². The van der Waals surface area contributed by atoms with Crippen LogP contribution in [0.2, 0.25) is 0 Å². The summed E-state index contributed by atoms with van der Waals surface area (Å²) in [6, 6.07) is 20.6. The lowest BCUT2D eigenvalue weighted by Crippen LogP contribution is -2.23. The van der Waals surface area contributed by atoms with Crippen LogP contribution in [0.3, 0.4) is 0 Å². The van der Waals surface area contributed by atoms with Gasteiger partial charge in [-0.3, -0.25) is 14.2 Å². The fourth-order valence-electron chi connectivity index (χ4n) is 3.42. The average Bonchev–Trinajstić information content (AvgIpc) is 2.88. The molecule has 0 unspecified atom stereocenters. The number of hydrogen-bond acceptors (Lipinski definition) is 7. The molecule has 4 rings (SSSR count). The normalized spacial score (nSPS) is 10.7. The van der Waals surface area contributed by atoms with Gasteiger partial charge >= 0.3 is 5.97 Å². The number of amides is 1. The Bertz CT molecular complexity index is 1430. The molecule has 0 fully saturated rings. The van der Waals surface area contributed by atoms with Crippen LogP contribution in [0.4, 0.5) is 5.69 Å². The molecule has 35 heavy (non-hydrogen) atoms. The van der Waals surface area contributed by atoms with Crippen LogP contribution in [0.25, 0.3) is 16.6 Å². The zero-order valence-corrected chi connectivity index (χ0v) is 20.0. The molecular weight excluding hydrogens is 466 g/mol. The number of hydrogen-bond donors (Lipinski definition) is 1. The minimum absolute atomic E-state index is 0.0222. The van der Waals surface area contributed by atoms with Crippen molar-refractivity contribution in [3.8, 4) is 11.4 Å². The van der Waals surface area contributed by atoms with Gasteiger partial charge in [-0.1, -0.05) is 30.0 Å². The highest BCUT2D eigenvalue weighted by Gasteiger charge is 2.16. The first-order valence-electron chi connectivity index (χ1n) is 10.9. The van der Waals surface area contributed by atoms with Crippen LogP contribution >= 0.6 is 11.8 Å². The molecule has 1 N–H and O–H groups in total. The third-order valence-corrected chi connectivity index (χ3v) is 6.01. The van der Waals surface area contributed by atoms with E-state index < -0.39 is 5.97 Å². The summed E-state index contributed by atoms with van der Waals surface area (Å²) < 4.78 is 11.8. The number of esters is 1. The molecule has 1 heterocycles. The van der Waals surface area contributed by atoms with Crippen molar-refractivity contribution in [2.24, 2.45) is 0 Å². The first-order chi connectivity index (χ1) is 17.0. The molecule has 0 saturated heterocycles. The standard InChI is InChI=1S/C26H23N3O5S/c1-3-34-25(32)17-11-13-18(14-12-17)27-23(30)16-35-26-28-22-10-5-4-9-21(22)24(31)29(26)19-7-6-8-20(15-19)33-2/h4-15H,3,16H2,1-2H3,(H,27,30). The van der Waals surface area contributed by atoms with Gasteiger partial charge in [-0.2, -0.15) is 0 Å². The number of ether oxygens (including phenoxy) is 2. The van der Waals surface area contributed by atoms with E-state index in [-0.39, 0.29) is 23.8 Å². The molecule has 0 spiro atoms. The highest BCUT2D eigenvalue weighted by molar-refractivity contribution is 7.99. The topological polar surface area (TPSA) is 99.5 Å². The molecule has 0 aliphatic heterocycles. The predicted molar refractivity (Wildman–Crippen MR) is 136 cm³/mol. The second kappa shape index (κ2) is 10.9. The molecule has 8 nitrogen and oxygen atoms in total. The maximum absolute atomic E-state index is 13.3. The van der Waals surface area contributed by atoms with Crippen molar-refractivity contribution < 1.29 is 19.1 Å². The van der Waals surface area contributed by atoms with Crippen LogP contribution in [-0.4, -0.2) is 40.9 Å². The molecule has 0 aliphatic rings. The molecule has 0 radical (unpaired) electrons. The lowest BCUT2D eigenvalue weighted by atomic mass is 10.2. The number of para-hydroxylation sites is 1. The molecule has 0 aliphatic carbocycles. The number of nitrogens with one attached hydrogen (secondary N) is 1. The Morgan fingerprint density at radius 1 is 1.03 bits per heavy atom. The molecule has 0 atom stereocenters. The molecule has 1 aromatic heterocycles. The van der Waals surface area contributed by atoms with Crippen molar-refractivity contribution in [2.75, 3.05) is 24.8 Å². The van der Waals surface area contributed by atoms with E-state index in [2.05, 4.69) is 10.3 Å². The summed E-state index contributed by atoms with van der Waals surface area (Å²) in [5, 5.41) is 3.65. The zero-order valence-electron chi connectivity index (χ0n) is 19.2. The number of nitrogens with zero attached hydrogens (tertiary/aromatic N) is 2. The second-order valence-corrected chi connectivity index (χ2v) is 8.33. The average molecular weight is 490 g/mol. The van der Waals surface area contributed by atoms with Gasteiger partial charge in [0.25, 0.3) is 5.56 Å². The molecule has 4 aromatic rings. The Labute approximate surface area is 205 Å². The van der Waals surface area contributed by atoms with Gasteiger partial charge in [0.15, 0.2) is 5.16 Å². The smallest absolute Gasteiger partial charge is 0.338 e. The number of aromatic nitrogens is 2. The van der Waals surface area contributed by atoms with Crippen molar-refractivity contribution in [1.82, 2.24) is 9.55 Å². The molecule has 0 bridgehead atoms. The Morgan fingerprint density at radius 2 is 1.80 bits per heavy atom. The number of methoxy groups -OCH3 is 1. The van der Waals surface area contributed by atoms with E-state index in [0.29, 0.717) is 38.7 Å². The van der Waals surface area contributed by atoms with Crippen molar-refractivity contribution in [3.05, 3.63) is 88.7 Å². The van der Waals surface area contributed by atoms with Crippen LogP contribution < -0.4 is 15.6 Å². The van der Waals surface area contributed by atoms with Crippen molar-refractivity contribution in [1.29, 1.82) is 0 Å². The Balaban J connectivity index is 1.57. The molecule has 178 valence electrons. The van der Waals surface area contributed by atoms with Crippen molar-refractivity contribution in [2.45, 2.75) is 12.1 Å². The first-order valence-corrected chi connectivity index (χ1v) is 11.8. The maximum Gasteiger partial charge on any atom is 0.338 e. The predicted octanol–water partition coefficient (Wildman–Crippen LogP) is 4.30. The maximum atomic E-state index is 13.3. The Morgan fingerprint density at radius 3 is 2.54 bits per heavy atom. The van der Waals surface area contributed by atoms with Gasteiger partial charge in [-0.25, -0.2) is 9.78 Å². The van der Waals surface area contributed by atoms with E-state index in [0.717, 1.165) is 11.8 Å². The van der Waals surface area contributed by atoms with Crippen LogP contribution in [-0.2, 0) is 9.53 Å². The summed E-state index contributed by atoms with van der Waals surface area (Å²) in [6.45, 7) is 2.03. The largest absolute Gasteiger partial charge is 0.497 e. The Kier molecular flexibility index (Phi) is 7.47. The quantitative estimate of drug-likeness (QED) is 0.224. The first kappa shape index (κ1) is 24.0. The lowest BCUT2D eigenvalue weighted by Gasteiger charge is -2.14. The number of anilines is 1. The molecular formula is C26H23N3O5S. The summed E-state index contributed by atoms with van der Waals surface area (Å²) in [5.41, 5.74) is 1.85. The second-order valence-electron chi connectivity index (χ2n) is 7.39. The summed E-state index contributed by atoms with van der Waals surface area (Å²) in [5.74, 6) is -0.0752. The number of thioether (sulfide) groups is 1. The summed E-state index contributed by atoms with van der Waals surface area (Å²) in [7, 11) is 1.56. The van der Waals surface area contributed by atoms with Gasteiger partial charge in [-0.05, 0) is 55.5 Å². The van der Waals surface area contributed by atoms with Crippen LogP contribution in [0.15, 0.2) is 82.7 Å². The van der Waals surface area contributed by atoms with E-state index in [4.69, 9.17) is 9.47 Å². The van der Waals surface area contributed by atoms with E-state index >= 15 is 0 Å². The highest BCUT2D eigenvalue weighted by atomic mass is 32.2. The highest BCUT2D eigenvalue weighted by Crippen LogP contribution is 2.24. The molecule has 1 amide bonds. The van der Waals surface area contributed by atoms with E-state index in [1.807, 2.05) is 6.07 Å². The molecule has 0 saturated carbocycles.